The summed E-state index contributed by atoms with van der Waals surface area (Å²) >= 11 is 12.4. The minimum Gasteiger partial charge on any atom is -0.342 e. The number of amides is 1. The van der Waals surface area contributed by atoms with Crippen LogP contribution in [0.3, 0.4) is 0 Å². The first-order valence-electron chi connectivity index (χ1n) is 9.51. The lowest BCUT2D eigenvalue weighted by Gasteiger charge is -2.33. The Bertz CT molecular complexity index is 649. The Balaban J connectivity index is 1.30. The summed E-state index contributed by atoms with van der Waals surface area (Å²) in [6.07, 6.45) is 6.55. The van der Waals surface area contributed by atoms with Crippen LogP contribution in [0.15, 0.2) is 18.2 Å². The summed E-state index contributed by atoms with van der Waals surface area (Å²) in [5.41, 5.74) is 1.47. The van der Waals surface area contributed by atoms with Crippen molar-refractivity contribution in [3.05, 3.63) is 33.8 Å². The summed E-state index contributed by atoms with van der Waals surface area (Å²) in [5.74, 6) is 1.31. The highest BCUT2D eigenvalue weighted by Gasteiger charge is 2.58. The van der Waals surface area contributed by atoms with E-state index in [9.17, 15) is 4.79 Å². The molecule has 1 aliphatic carbocycles. The van der Waals surface area contributed by atoms with Gasteiger partial charge in [-0.05, 0) is 86.7 Å². The van der Waals surface area contributed by atoms with Crippen LogP contribution in [0.1, 0.15) is 37.7 Å². The van der Waals surface area contributed by atoms with Gasteiger partial charge in [-0.25, -0.2) is 0 Å². The second-order valence-corrected chi connectivity index (χ2v) is 8.92. The van der Waals surface area contributed by atoms with Crippen molar-refractivity contribution in [2.75, 3.05) is 26.2 Å². The molecular formula is C20H26Cl2N2O. The van der Waals surface area contributed by atoms with E-state index in [1.54, 1.807) is 0 Å². The molecule has 3 fully saturated rings. The number of benzene rings is 1. The topological polar surface area (TPSA) is 32.3 Å². The number of piperidine rings is 2. The van der Waals surface area contributed by atoms with Crippen molar-refractivity contribution in [2.45, 2.75) is 38.5 Å². The number of likely N-dealkylation sites (tertiary alicyclic amines) is 1. The van der Waals surface area contributed by atoms with Crippen LogP contribution in [0.2, 0.25) is 10.0 Å². The molecular weight excluding hydrogens is 355 g/mol. The molecule has 1 unspecified atom stereocenters. The number of hydrogen-bond acceptors (Lipinski definition) is 2. The molecule has 1 spiro atoms. The lowest BCUT2D eigenvalue weighted by molar-refractivity contribution is -0.135. The van der Waals surface area contributed by atoms with Gasteiger partial charge in [-0.2, -0.15) is 0 Å². The summed E-state index contributed by atoms with van der Waals surface area (Å²) in [5, 5.41) is 4.96. The molecule has 0 bridgehead atoms. The smallest absolute Gasteiger partial charge is 0.226 e. The van der Waals surface area contributed by atoms with Crippen molar-refractivity contribution >= 4 is 29.1 Å². The van der Waals surface area contributed by atoms with Crippen LogP contribution < -0.4 is 5.32 Å². The number of halogens is 2. The molecule has 2 heterocycles. The number of nitrogens with zero attached hydrogens (tertiary/aromatic N) is 1. The predicted octanol–water partition coefficient (Wildman–Crippen LogP) is 4.16. The van der Waals surface area contributed by atoms with Crippen LogP contribution in [0.25, 0.3) is 0 Å². The lowest BCUT2D eigenvalue weighted by Crippen LogP contribution is -2.41. The highest BCUT2D eigenvalue weighted by molar-refractivity contribution is 6.33. The van der Waals surface area contributed by atoms with E-state index in [1.165, 1.54) is 12.8 Å². The first kappa shape index (κ1) is 17.6. The molecule has 2 aliphatic heterocycles. The summed E-state index contributed by atoms with van der Waals surface area (Å²) in [6, 6.07) is 5.69. The molecule has 25 heavy (non-hydrogen) atoms. The summed E-state index contributed by atoms with van der Waals surface area (Å²) < 4.78 is 0. The van der Waals surface area contributed by atoms with Crippen molar-refractivity contribution < 1.29 is 4.79 Å². The minimum absolute atomic E-state index is 0.300. The predicted molar refractivity (Wildman–Crippen MR) is 102 cm³/mol. The standard InChI is InChI=1S/C20H26Cl2N2O/c21-16-1-2-18(22)15(12-16)11-14-3-9-24(10-4-14)19(25)17-13-20(17)5-7-23-8-6-20/h1-2,12,14,17,23H,3-11,13H2. The summed E-state index contributed by atoms with van der Waals surface area (Å²) in [7, 11) is 0. The molecule has 5 heteroatoms. The van der Waals surface area contributed by atoms with E-state index < -0.39 is 0 Å². The molecule has 1 amide bonds. The van der Waals surface area contributed by atoms with Gasteiger partial charge >= 0.3 is 0 Å². The number of rotatable bonds is 3. The fourth-order valence-electron chi connectivity index (χ4n) is 4.76. The van der Waals surface area contributed by atoms with Crippen LogP contribution in [-0.4, -0.2) is 37.0 Å². The Morgan fingerprint density at radius 1 is 1.20 bits per heavy atom. The zero-order valence-electron chi connectivity index (χ0n) is 14.6. The average molecular weight is 381 g/mol. The van der Waals surface area contributed by atoms with Crippen molar-refractivity contribution in [2.24, 2.45) is 17.3 Å². The lowest BCUT2D eigenvalue weighted by atomic mass is 9.89. The van der Waals surface area contributed by atoms with Crippen molar-refractivity contribution in [3.63, 3.8) is 0 Å². The quantitative estimate of drug-likeness (QED) is 0.853. The first-order chi connectivity index (χ1) is 12.1. The van der Waals surface area contributed by atoms with Gasteiger partial charge in [0.2, 0.25) is 5.91 Å². The highest BCUT2D eigenvalue weighted by Crippen LogP contribution is 2.59. The van der Waals surface area contributed by atoms with Gasteiger partial charge in [0.25, 0.3) is 0 Å². The summed E-state index contributed by atoms with van der Waals surface area (Å²) in [4.78, 5) is 15.0. The van der Waals surface area contributed by atoms with Gasteiger partial charge in [-0.15, -0.1) is 0 Å². The maximum Gasteiger partial charge on any atom is 0.226 e. The van der Waals surface area contributed by atoms with E-state index in [0.29, 0.717) is 23.2 Å². The van der Waals surface area contributed by atoms with E-state index in [0.717, 1.165) is 67.5 Å². The van der Waals surface area contributed by atoms with Crippen LogP contribution in [0.4, 0.5) is 0 Å². The molecule has 4 rings (SSSR count). The summed E-state index contributed by atoms with van der Waals surface area (Å²) in [6.45, 7) is 3.94. The largest absolute Gasteiger partial charge is 0.342 e. The molecule has 1 atom stereocenters. The maximum absolute atomic E-state index is 12.9. The SMILES string of the molecule is O=C(C1CC12CCNCC2)N1CCC(Cc2cc(Cl)ccc2Cl)CC1. The molecule has 3 nitrogen and oxygen atoms in total. The number of carbonyl (C=O) groups excluding carboxylic acids is 1. The second kappa shape index (κ2) is 7.09. The Morgan fingerprint density at radius 2 is 1.92 bits per heavy atom. The van der Waals surface area contributed by atoms with Crippen molar-refractivity contribution in [1.29, 1.82) is 0 Å². The Morgan fingerprint density at radius 3 is 2.64 bits per heavy atom. The average Bonchev–Trinajstić information content (AvgIpc) is 3.31. The number of carbonyl (C=O) groups is 1. The third kappa shape index (κ3) is 3.70. The number of nitrogens with one attached hydrogen (secondary N) is 1. The van der Waals surface area contributed by atoms with Gasteiger partial charge in [0.1, 0.15) is 0 Å². The van der Waals surface area contributed by atoms with Gasteiger partial charge in [0, 0.05) is 29.1 Å². The fraction of sp³-hybridized carbons (Fsp3) is 0.650. The van der Waals surface area contributed by atoms with Gasteiger partial charge < -0.3 is 10.2 Å². The van der Waals surface area contributed by atoms with E-state index >= 15 is 0 Å². The van der Waals surface area contributed by atoms with Gasteiger partial charge in [0.05, 0.1) is 0 Å². The fourth-order valence-corrected chi connectivity index (χ4v) is 5.15. The molecule has 1 aromatic rings. The number of hydrogen-bond donors (Lipinski definition) is 1. The zero-order chi connectivity index (χ0) is 17.4. The monoisotopic (exact) mass is 380 g/mol. The third-order valence-corrected chi connectivity index (χ3v) is 7.13. The Kier molecular flexibility index (Phi) is 5.00. The second-order valence-electron chi connectivity index (χ2n) is 8.08. The van der Waals surface area contributed by atoms with E-state index in [1.807, 2.05) is 18.2 Å². The molecule has 1 aromatic carbocycles. The van der Waals surface area contributed by atoms with Crippen molar-refractivity contribution in [1.82, 2.24) is 10.2 Å². The third-order valence-electron chi connectivity index (χ3n) is 6.53. The molecule has 0 aromatic heterocycles. The van der Waals surface area contributed by atoms with Gasteiger partial charge in [0.15, 0.2) is 0 Å². The molecule has 136 valence electrons. The van der Waals surface area contributed by atoms with E-state index in [4.69, 9.17) is 23.2 Å². The normalized spacial score (nSPS) is 26.0. The minimum atomic E-state index is 0.300. The highest BCUT2D eigenvalue weighted by atomic mass is 35.5. The van der Waals surface area contributed by atoms with Crippen LogP contribution in [0.5, 0.6) is 0 Å². The van der Waals surface area contributed by atoms with Gasteiger partial charge in [-0.3, -0.25) is 4.79 Å². The Hall–Kier alpha value is -0.770. The van der Waals surface area contributed by atoms with Crippen LogP contribution in [0, 0.1) is 17.3 Å². The van der Waals surface area contributed by atoms with Gasteiger partial charge in [-0.1, -0.05) is 23.2 Å². The van der Waals surface area contributed by atoms with Crippen LogP contribution in [-0.2, 0) is 11.2 Å². The van der Waals surface area contributed by atoms with E-state index in [-0.39, 0.29) is 0 Å². The van der Waals surface area contributed by atoms with Crippen molar-refractivity contribution in [3.8, 4) is 0 Å². The molecule has 1 saturated carbocycles. The zero-order valence-corrected chi connectivity index (χ0v) is 16.1. The molecule has 0 radical (unpaired) electrons. The first-order valence-corrected chi connectivity index (χ1v) is 10.3. The molecule has 2 saturated heterocycles. The maximum atomic E-state index is 12.9. The van der Waals surface area contributed by atoms with Crippen LogP contribution >= 0.6 is 23.2 Å². The molecule has 1 N–H and O–H groups in total. The molecule has 3 aliphatic rings. The Labute approximate surface area is 160 Å². The van der Waals surface area contributed by atoms with E-state index in [2.05, 4.69) is 10.2 Å².